The van der Waals surface area contributed by atoms with E-state index in [9.17, 15) is 0 Å². The normalized spacial score (nSPS) is 20.9. The Balaban J connectivity index is 2.31. The van der Waals surface area contributed by atoms with Crippen LogP contribution in [0.3, 0.4) is 0 Å². The number of allylic oxidation sites excluding steroid dienone is 1. The molecule has 0 aromatic rings. The summed E-state index contributed by atoms with van der Waals surface area (Å²) in [6.45, 7) is 5.87. The zero-order valence-corrected chi connectivity index (χ0v) is 5.69. The zero-order chi connectivity index (χ0) is 6.53. The maximum atomic E-state index is 3.55. The van der Waals surface area contributed by atoms with Gasteiger partial charge >= 0.3 is 0 Å². The molecule has 1 heteroatoms. The Labute approximate surface area is 56.5 Å². The number of rotatable bonds is 1. The summed E-state index contributed by atoms with van der Waals surface area (Å²) < 4.78 is 0. The van der Waals surface area contributed by atoms with Crippen molar-refractivity contribution in [3.63, 3.8) is 0 Å². The van der Waals surface area contributed by atoms with Crippen LogP contribution in [-0.2, 0) is 0 Å². The average Bonchev–Trinajstić information content (AvgIpc) is 1.91. The lowest BCUT2D eigenvalue weighted by atomic mass is 9.98. The Hall–Kier alpha value is -0.520. The van der Waals surface area contributed by atoms with Crippen molar-refractivity contribution in [3.05, 3.63) is 18.4 Å². The summed E-state index contributed by atoms with van der Waals surface area (Å²) in [7, 11) is 0. The molecule has 1 aliphatic rings. The van der Waals surface area contributed by atoms with Gasteiger partial charge in [-0.25, -0.2) is 0 Å². The first-order valence-electron chi connectivity index (χ1n) is 3.50. The molecule has 0 bridgehead atoms. The van der Waals surface area contributed by atoms with Gasteiger partial charge in [0.2, 0.25) is 0 Å². The Morgan fingerprint density at radius 3 is 2.67 bits per heavy atom. The Kier molecular flexibility index (Phi) is 2.56. The van der Waals surface area contributed by atoms with Gasteiger partial charge in [0.05, 0.1) is 0 Å². The molecule has 0 aromatic carbocycles. The Morgan fingerprint density at radius 1 is 1.44 bits per heavy atom. The SMILES string of the molecule is C=C=CC1CCNCC1. The average molecular weight is 123 g/mol. The van der Waals surface area contributed by atoms with Crippen molar-refractivity contribution in [2.24, 2.45) is 5.92 Å². The second kappa shape index (κ2) is 3.49. The van der Waals surface area contributed by atoms with E-state index in [1.807, 2.05) is 0 Å². The fourth-order valence-corrected chi connectivity index (χ4v) is 1.18. The topological polar surface area (TPSA) is 12.0 Å². The van der Waals surface area contributed by atoms with E-state index in [4.69, 9.17) is 0 Å². The Bertz CT molecular complexity index is 117. The van der Waals surface area contributed by atoms with Gasteiger partial charge in [-0.3, -0.25) is 0 Å². The van der Waals surface area contributed by atoms with Crippen molar-refractivity contribution in [2.75, 3.05) is 13.1 Å². The third kappa shape index (κ3) is 2.05. The van der Waals surface area contributed by atoms with Gasteiger partial charge in [0.15, 0.2) is 0 Å². The monoisotopic (exact) mass is 123 g/mol. The molecule has 1 N–H and O–H groups in total. The van der Waals surface area contributed by atoms with Crippen LogP contribution >= 0.6 is 0 Å². The van der Waals surface area contributed by atoms with E-state index in [1.54, 1.807) is 0 Å². The molecule has 1 aliphatic heterocycles. The Morgan fingerprint density at radius 2 is 2.11 bits per heavy atom. The predicted octanol–water partition coefficient (Wildman–Crippen LogP) is 1.33. The van der Waals surface area contributed by atoms with Gasteiger partial charge in [-0.2, -0.15) is 0 Å². The largest absolute Gasteiger partial charge is 0.317 e. The fraction of sp³-hybridized carbons (Fsp3) is 0.625. The lowest BCUT2D eigenvalue weighted by molar-refractivity contribution is 0.437. The molecule has 1 fully saturated rings. The van der Waals surface area contributed by atoms with Crippen molar-refractivity contribution in [1.29, 1.82) is 0 Å². The van der Waals surface area contributed by atoms with E-state index in [0.717, 1.165) is 19.0 Å². The molecule has 0 atom stereocenters. The van der Waals surface area contributed by atoms with Crippen LogP contribution in [0.25, 0.3) is 0 Å². The summed E-state index contributed by atoms with van der Waals surface area (Å²) in [6.07, 6.45) is 4.59. The zero-order valence-electron chi connectivity index (χ0n) is 5.69. The van der Waals surface area contributed by atoms with E-state index in [0.29, 0.717) is 0 Å². The minimum Gasteiger partial charge on any atom is -0.317 e. The summed E-state index contributed by atoms with van der Waals surface area (Å²) in [6, 6.07) is 0. The van der Waals surface area contributed by atoms with Crippen molar-refractivity contribution in [2.45, 2.75) is 12.8 Å². The standard InChI is InChI=1S/C8H13N/c1-2-3-8-4-6-9-7-5-8/h3,8-9H,1,4-7H2. The molecule has 0 aromatic heterocycles. The molecular formula is C8H13N. The summed E-state index contributed by atoms with van der Waals surface area (Å²) in [5.41, 5.74) is 2.83. The molecule has 0 spiro atoms. The number of hydrogen-bond donors (Lipinski definition) is 1. The minimum atomic E-state index is 0.740. The molecule has 0 unspecified atom stereocenters. The van der Waals surface area contributed by atoms with Crippen LogP contribution in [-0.4, -0.2) is 13.1 Å². The van der Waals surface area contributed by atoms with Crippen LogP contribution in [0.1, 0.15) is 12.8 Å². The van der Waals surface area contributed by atoms with Crippen LogP contribution in [0.2, 0.25) is 0 Å². The highest BCUT2D eigenvalue weighted by atomic mass is 14.9. The number of nitrogens with one attached hydrogen (secondary N) is 1. The van der Waals surface area contributed by atoms with Crippen LogP contribution < -0.4 is 5.32 Å². The number of piperidine rings is 1. The first-order valence-corrected chi connectivity index (χ1v) is 3.50. The van der Waals surface area contributed by atoms with E-state index in [1.165, 1.54) is 12.8 Å². The molecule has 1 heterocycles. The molecule has 1 nitrogen and oxygen atoms in total. The predicted molar refractivity (Wildman–Crippen MR) is 39.3 cm³/mol. The van der Waals surface area contributed by atoms with Gasteiger partial charge < -0.3 is 5.32 Å². The van der Waals surface area contributed by atoms with Gasteiger partial charge in [0, 0.05) is 0 Å². The molecule has 0 saturated carbocycles. The minimum absolute atomic E-state index is 0.740. The first-order chi connectivity index (χ1) is 4.43. The first kappa shape index (κ1) is 6.60. The van der Waals surface area contributed by atoms with E-state index in [2.05, 4.69) is 23.7 Å². The molecule has 9 heavy (non-hydrogen) atoms. The van der Waals surface area contributed by atoms with E-state index in [-0.39, 0.29) is 0 Å². The van der Waals surface area contributed by atoms with Gasteiger partial charge in [0.25, 0.3) is 0 Å². The smallest absolute Gasteiger partial charge is 0.00431 e. The summed E-state index contributed by atoms with van der Waals surface area (Å²) in [5, 5.41) is 3.30. The van der Waals surface area contributed by atoms with Crippen molar-refractivity contribution in [1.82, 2.24) is 5.32 Å². The summed E-state index contributed by atoms with van der Waals surface area (Å²) >= 11 is 0. The van der Waals surface area contributed by atoms with E-state index < -0.39 is 0 Å². The molecular weight excluding hydrogens is 110 g/mol. The van der Waals surface area contributed by atoms with Crippen LogP contribution in [0.4, 0.5) is 0 Å². The second-order valence-corrected chi connectivity index (χ2v) is 2.46. The molecule has 1 saturated heterocycles. The highest BCUT2D eigenvalue weighted by Crippen LogP contribution is 2.11. The second-order valence-electron chi connectivity index (χ2n) is 2.46. The molecule has 50 valence electrons. The van der Waals surface area contributed by atoms with Crippen LogP contribution in [0, 0.1) is 5.92 Å². The van der Waals surface area contributed by atoms with Crippen molar-refractivity contribution >= 4 is 0 Å². The third-order valence-corrected chi connectivity index (χ3v) is 1.74. The molecule has 1 rings (SSSR count). The maximum absolute atomic E-state index is 3.55. The maximum Gasteiger partial charge on any atom is -0.00431 e. The molecule has 0 aliphatic carbocycles. The van der Waals surface area contributed by atoms with Crippen molar-refractivity contribution < 1.29 is 0 Å². The lowest BCUT2D eigenvalue weighted by Gasteiger charge is -2.18. The molecule has 0 amide bonds. The quantitative estimate of drug-likeness (QED) is 0.519. The highest BCUT2D eigenvalue weighted by molar-refractivity contribution is 4.87. The van der Waals surface area contributed by atoms with Crippen molar-refractivity contribution in [3.8, 4) is 0 Å². The van der Waals surface area contributed by atoms with Crippen LogP contribution in [0.5, 0.6) is 0 Å². The summed E-state index contributed by atoms with van der Waals surface area (Å²) in [5.74, 6) is 0.740. The highest BCUT2D eigenvalue weighted by Gasteiger charge is 2.07. The number of hydrogen-bond acceptors (Lipinski definition) is 1. The lowest BCUT2D eigenvalue weighted by Crippen LogP contribution is -2.26. The fourth-order valence-electron chi connectivity index (χ4n) is 1.18. The third-order valence-electron chi connectivity index (χ3n) is 1.74. The van der Waals surface area contributed by atoms with Crippen LogP contribution in [0.15, 0.2) is 18.4 Å². The summed E-state index contributed by atoms with van der Waals surface area (Å²) in [4.78, 5) is 0. The van der Waals surface area contributed by atoms with Gasteiger partial charge in [0.1, 0.15) is 0 Å². The van der Waals surface area contributed by atoms with Gasteiger partial charge in [-0.1, -0.05) is 6.58 Å². The van der Waals surface area contributed by atoms with Gasteiger partial charge in [-0.05, 0) is 37.9 Å². The van der Waals surface area contributed by atoms with E-state index >= 15 is 0 Å². The van der Waals surface area contributed by atoms with Gasteiger partial charge in [-0.15, -0.1) is 5.73 Å². The molecule has 0 radical (unpaired) electrons.